The third kappa shape index (κ3) is 4.80. The predicted molar refractivity (Wildman–Crippen MR) is 144 cm³/mol. The van der Waals surface area contributed by atoms with E-state index in [0.717, 1.165) is 44.0 Å². The van der Waals surface area contributed by atoms with Crippen molar-refractivity contribution in [2.75, 3.05) is 19.5 Å². The van der Waals surface area contributed by atoms with Crippen molar-refractivity contribution in [2.45, 2.75) is 26.9 Å². The van der Waals surface area contributed by atoms with Crippen LogP contribution in [0.15, 0.2) is 71.5 Å². The SMILES string of the molecule is CCOC(=O)Cc1cccc(C)c1OCc1coc2c(OC)cc(-c3ccc4ccnc(N)c4c3)cc12. The number of fused-ring (bicyclic) bond motifs is 2. The van der Waals surface area contributed by atoms with E-state index in [2.05, 4.69) is 11.1 Å². The number of nitrogen functional groups attached to an aromatic ring is 1. The molecule has 37 heavy (non-hydrogen) atoms. The van der Waals surface area contributed by atoms with E-state index >= 15 is 0 Å². The van der Waals surface area contributed by atoms with E-state index in [-0.39, 0.29) is 19.0 Å². The second-order valence-electron chi connectivity index (χ2n) is 8.78. The first-order valence-corrected chi connectivity index (χ1v) is 12.1. The average Bonchev–Trinajstić information content (AvgIpc) is 3.31. The Morgan fingerprint density at radius 1 is 1.03 bits per heavy atom. The van der Waals surface area contributed by atoms with Crippen molar-refractivity contribution in [1.82, 2.24) is 4.98 Å². The second-order valence-corrected chi connectivity index (χ2v) is 8.78. The summed E-state index contributed by atoms with van der Waals surface area (Å²) in [5.41, 5.74) is 11.3. The van der Waals surface area contributed by atoms with Crippen LogP contribution in [0.4, 0.5) is 5.82 Å². The molecular weight excluding hydrogens is 468 g/mol. The highest BCUT2D eigenvalue weighted by Gasteiger charge is 2.17. The quantitative estimate of drug-likeness (QED) is 0.254. The van der Waals surface area contributed by atoms with Crippen LogP contribution in [-0.4, -0.2) is 24.7 Å². The van der Waals surface area contributed by atoms with Gasteiger partial charge in [0.05, 0.1) is 26.4 Å². The number of anilines is 1. The molecule has 0 aliphatic carbocycles. The van der Waals surface area contributed by atoms with Crippen LogP contribution in [0, 0.1) is 6.92 Å². The second kappa shape index (κ2) is 10.2. The van der Waals surface area contributed by atoms with E-state index in [1.54, 1.807) is 26.5 Å². The summed E-state index contributed by atoms with van der Waals surface area (Å²) >= 11 is 0. The van der Waals surface area contributed by atoms with Gasteiger partial charge in [-0.2, -0.15) is 0 Å². The van der Waals surface area contributed by atoms with Crippen molar-refractivity contribution in [3.05, 3.63) is 83.7 Å². The molecule has 2 aromatic heterocycles. The summed E-state index contributed by atoms with van der Waals surface area (Å²) in [7, 11) is 1.62. The van der Waals surface area contributed by atoms with Gasteiger partial charge in [0.25, 0.3) is 0 Å². The van der Waals surface area contributed by atoms with Gasteiger partial charge < -0.3 is 24.4 Å². The number of rotatable bonds is 8. The Labute approximate surface area is 214 Å². The van der Waals surface area contributed by atoms with E-state index in [4.69, 9.17) is 24.4 Å². The lowest BCUT2D eigenvalue weighted by Crippen LogP contribution is -2.09. The molecule has 0 atom stereocenters. The third-order valence-corrected chi connectivity index (χ3v) is 6.38. The van der Waals surface area contributed by atoms with Crippen LogP contribution in [0.25, 0.3) is 32.9 Å². The minimum absolute atomic E-state index is 0.148. The fourth-order valence-corrected chi connectivity index (χ4v) is 4.53. The van der Waals surface area contributed by atoms with Crippen molar-refractivity contribution < 1.29 is 23.4 Å². The van der Waals surface area contributed by atoms with Gasteiger partial charge in [-0.3, -0.25) is 4.79 Å². The monoisotopic (exact) mass is 496 g/mol. The first kappa shape index (κ1) is 24.2. The summed E-state index contributed by atoms with van der Waals surface area (Å²) in [6.45, 7) is 4.35. The molecule has 0 unspecified atom stereocenters. The fraction of sp³-hybridized carbons (Fsp3) is 0.200. The van der Waals surface area contributed by atoms with Crippen LogP contribution >= 0.6 is 0 Å². The van der Waals surface area contributed by atoms with Gasteiger partial charge in [-0.15, -0.1) is 0 Å². The van der Waals surface area contributed by atoms with Crippen molar-refractivity contribution in [3.63, 3.8) is 0 Å². The fourth-order valence-electron chi connectivity index (χ4n) is 4.53. The maximum atomic E-state index is 12.1. The summed E-state index contributed by atoms with van der Waals surface area (Å²) in [6.07, 6.45) is 3.54. The van der Waals surface area contributed by atoms with Gasteiger partial charge in [0, 0.05) is 28.1 Å². The number of aromatic nitrogens is 1. The molecular formula is C30H28N2O5. The first-order chi connectivity index (χ1) is 18.0. The number of methoxy groups -OCH3 is 1. The summed E-state index contributed by atoms with van der Waals surface area (Å²) < 4.78 is 22.9. The number of para-hydroxylation sites is 1. The maximum Gasteiger partial charge on any atom is 0.310 e. The number of carbonyl (C=O) groups is 1. The molecule has 0 radical (unpaired) electrons. The van der Waals surface area contributed by atoms with Crippen LogP contribution in [0.3, 0.4) is 0 Å². The molecule has 0 bridgehead atoms. The Bertz CT molecular complexity index is 1610. The number of pyridine rings is 1. The summed E-state index contributed by atoms with van der Waals surface area (Å²) in [6, 6.07) is 17.8. The zero-order valence-electron chi connectivity index (χ0n) is 21.0. The van der Waals surface area contributed by atoms with Crippen molar-refractivity contribution in [3.8, 4) is 22.6 Å². The number of esters is 1. The number of ether oxygens (including phenoxy) is 3. The minimum atomic E-state index is -0.285. The molecule has 5 rings (SSSR count). The highest BCUT2D eigenvalue weighted by Crippen LogP contribution is 2.37. The average molecular weight is 497 g/mol. The predicted octanol–water partition coefficient (Wildman–Crippen LogP) is 6.23. The van der Waals surface area contributed by atoms with Gasteiger partial charge in [-0.25, -0.2) is 4.98 Å². The Morgan fingerprint density at radius 3 is 2.68 bits per heavy atom. The lowest BCUT2D eigenvalue weighted by molar-refractivity contribution is -0.142. The lowest BCUT2D eigenvalue weighted by atomic mass is 9.99. The number of carbonyl (C=O) groups excluding carboxylic acids is 1. The smallest absolute Gasteiger partial charge is 0.310 e. The van der Waals surface area contributed by atoms with E-state index < -0.39 is 0 Å². The van der Waals surface area contributed by atoms with Crippen LogP contribution in [0.1, 0.15) is 23.6 Å². The van der Waals surface area contributed by atoms with Crippen molar-refractivity contribution in [2.24, 2.45) is 0 Å². The van der Waals surface area contributed by atoms with Crippen LogP contribution in [-0.2, 0) is 22.6 Å². The van der Waals surface area contributed by atoms with E-state index in [1.807, 2.05) is 55.5 Å². The van der Waals surface area contributed by atoms with Crippen molar-refractivity contribution >= 4 is 33.5 Å². The number of nitrogens with two attached hydrogens (primary N) is 1. The number of aryl methyl sites for hydroxylation is 1. The normalized spacial score (nSPS) is 11.1. The molecule has 7 nitrogen and oxygen atoms in total. The lowest BCUT2D eigenvalue weighted by Gasteiger charge is -2.14. The highest BCUT2D eigenvalue weighted by molar-refractivity contribution is 5.96. The molecule has 0 fully saturated rings. The Hall–Kier alpha value is -4.52. The van der Waals surface area contributed by atoms with Crippen LogP contribution < -0.4 is 15.2 Å². The summed E-state index contributed by atoms with van der Waals surface area (Å²) in [5.74, 6) is 1.50. The standard InChI is InChI=1S/C30H28N2O5/c1-4-35-27(33)15-21-7-5-6-18(2)28(21)36-16-23-17-37-29-24(23)13-22(14-26(29)34-3)20-9-8-19-10-11-32-30(31)25(19)12-20/h5-14,17H,4,15-16H2,1-3H3,(H2,31,32). The van der Waals surface area contributed by atoms with Crippen LogP contribution in [0.5, 0.6) is 11.5 Å². The molecule has 3 aromatic carbocycles. The van der Waals surface area contributed by atoms with Crippen LogP contribution in [0.2, 0.25) is 0 Å². The van der Waals surface area contributed by atoms with E-state index in [9.17, 15) is 4.79 Å². The minimum Gasteiger partial charge on any atom is -0.493 e. The Morgan fingerprint density at radius 2 is 1.86 bits per heavy atom. The Kier molecular flexibility index (Phi) is 6.68. The zero-order chi connectivity index (χ0) is 25.9. The molecule has 2 N–H and O–H groups in total. The molecule has 0 amide bonds. The van der Waals surface area contributed by atoms with Gasteiger partial charge in [0.2, 0.25) is 0 Å². The number of hydrogen-bond acceptors (Lipinski definition) is 7. The molecule has 0 saturated heterocycles. The molecule has 5 aromatic rings. The maximum absolute atomic E-state index is 12.1. The third-order valence-electron chi connectivity index (χ3n) is 6.38. The summed E-state index contributed by atoms with van der Waals surface area (Å²) in [5, 5.41) is 2.80. The van der Waals surface area contributed by atoms with Gasteiger partial charge in [-0.1, -0.05) is 30.3 Å². The van der Waals surface area contributed by atoms with Crippen molar-refractivity contribution in [1.29, 1.82) is 0 Å². The number of nitrogens with zero attached hydrogens (tertiary/aromatic N) is 1. The first-order valence-electron chi connectivity index (χ1n) is 12.1. The molecule has 0 saturated carbocycles. The number of benzene rings is 3. The Balaban J connectivity index is 1.50. The zero-order valence-corrected chi connectivity index (χ0v) is 21.0. The molecule has 0 spiro atoms. The van der Waals surface area contributed by atoms with E-state index in [0.29, 0.717) is 29.5 Å². The topological polar surface area (TPSA) is 96.8 Å². The van der Waals surface area contributed by atoms with E-state index in [1.165, 1.54) is 0 Å². The van der Waals surface area contributed by atoms with Gasteiger partial charge >= 0.3 is 5.97 Å². The molecule has 7 heteroatoms. The number of furan rings is 1. The molecule has 0 aliphatic rings. The van der Waals surface area contributed by atoms with Gasteiger partial charge in [0.15, 0.2) is 11.3 Å². The van der Waals surface area contributed by atoms with Gasteiger partial charge in [0.1, 0.15) is 18.2 Å². The molecule has 2 heterocycles. The molecule has 188 valence electrons. The summed E-state index contributed by atoms with van der Waals surface area (Å²) in [4.78, 5) is 16.3. The molecule has 0 aliphatic heterocycles. The largest absolute Gasteiger partial charge is 0.493 e. The number of hydrogen-bond donors (Lipinski definition) is 1. The highest BCUT2D eigenvalue weighted by atomic mass is 16.5. The van der Waals surface area contributed by atoms with Gasteiger partial charge in [-0.05, 0) is 60.2 Å².